The van der Waals surface area contributed by atoms with Crippen LogP contribution < -0.4 is 47.3 Å². The van der Waals surface area contributed by atoms with Crippen LogP contribution in [0.15, 0.2) is 176 Å². The Bertz CT molecular complexity index is 2650. The fourth-order valence-electron chi connectivity index (χ4n) is 8.79. The summed E-state index contributed by atoms with van der Waals surface area (Å²) in [6.45, 7) is 0.0475. The lowest BCUT2D eigenvalue weighted by atomic mass is 9.20. The predicted octanol–water partition coefficient (Wildman–Crippen LogP) is 6.94. The number of hydrogen-bond donors (Lipinski definition) is 0. The molecule has 7 aromatic carbocycles. The number of pyridine rings is 1. The van der Waals surface area contributed by atoms with Crippen LogP contribution in [0.1, 0.15) is 0 Å². The summed E-state index contributed by atoms with van der Waals surface area (Å²) < 4.78 is 7.20. The molecule has 0 unspecified atom stereocenters. The molecular formula is C45H29B2N3O. The number of rotatable bonds is 3. The highest BCUT2D eigenvalue weighted by molar-refractivity contribution is 7.12. The Morgan fingerprint density at radius 1 is 0.471 bits per heavy atom. The van der Waals surface area contributed by atoms with Gasteiger partial charge in [0.25, 0.3) is 0 Å². The van der Waals surface area contributed by atoms with Crippen LogP contribution in [-0.2, 0) is 0 Å². The second-order valence-electron chi connectivity index (χ2n) is 13.5. The van der Waals surface area contributed by atoms with Gasteiger partial charge in [0.2, 0.25) is 13.4 Å². The van der Waals surface area contributed by atoms with Crippen molar-refractivity contribution < 1.29 is 4.74 Å². The van der Waals surface area contributed by atoms with Gasteiger partial charge >= 0.3 is 0 Å². The highest BCUT2D eigenvalue weighted by Crippen LogP contribution is 2.56. The lowest BCUT2D eigenvalue weighted by molar-refractivity contribution is 0.478. The molecule has 1 aromatic heterocycles. The smallest absolute Gasteiger partial charge is 0.245 e. The molecular weight excluding hydrogens is 620 g/mol. The van der Waals surface area contributed by atoms with Crippen molar-refractivity contribution in [3.63, 3.8) is 0 Å². The minimum Gasteiger partial charge on any atom is -0.451 e. The Labute approximate surface area is 297 Å². The summed E-state index contributed by atoms with van der Waals surface area (Å²) >= 11 is 0. The number of fused-ring (bicyclic) bond motifs is 8. The summed E-state index contributed by atoms with van der Waals surface area (Å²) in [4.78, 5) is 9.76. The first kappa shape index (κ1) is 28.3. The molecule has 0 spiro atoms. The van der Waals surface area contributed by atoms with Crippen LogP contribution in [0.3, 0.4) is 0 Å². The first-order chi connectivity index (χ1) is 25.3. The quantitative estimate of drug-likeness (QED) is 0.194. The molecule has 51 heavy (non-hydrogen) atoms. The molecule has 0 fully saturated rings. The molecule has 4 nitrogen and oxygen atoms in total. The molecule has 0 N–H and O–H groups in total. The second kappa shape index (κ2) is 11.0. The van der Waals surface area contributed by atoms with Crippen molar-refractivity contribution >= 4 is 91.2 Å². The van der Waals surface area contributed by atoms with Crippen LogP contribution in [-0.4, -0.2) is 18.4 Å². The van der Waals surface area contributed by atoms with Gasteiger partial charge in [0.15, 0.2) is 11.5 Å². The zero-order valence-electron chi connectivity index (χ0n) is 27.6. The third-order valence-electron chi connectivity index (χ3n) is 10.8. The van der Waals surface area contributed by atoms with Crippen molar-refractivity contribution in [1.29, 1.82) is 0 Å². The minimum absolute atomic E-state index is 0.0187. The number of benzene rings is 7. The molecule has 0 bridgehead atoms. The van der Waals surface area contributed by atoms with Gasteiger partial charge in [-0.05, 0) is 59.5 Å². The molecule has 6 heteroatoms. The topological polar surface area (TPSA) is 28.6 Å². The van der Waals surface area contributed by atoms with E-state index in [-0.39, 0.29) is 13.4 Å². The summed E-state index contributed by atoms with van der Waals surface area (Å²) in [6, 6.07) is 61.1. The molecule has 236 valence electrons. The molecule has 11 rings (SSSR count). The van der Waals surface area contributed by atoms with E-state index in [0.717, 1.165) is 56.5 Å². The van der Waals surface area contributed by atoms with E-state index in [4.69, 9.17) is 9.72 Å². The second-order valence-corrected chi connectivity index (χ2v) is 13.5. The van der Waals surface area contributed by atoms with Crippen molar-refractivity contribution in [2.45, 2.75) is 0 Å². The van der Waals surface area contributed by atoms with Gasteiger partial charge in [0.1, 0.15) is 0 Å². The molecule has 0 aliphatic carbocycles. The monoisotopic (exact) mass is 649 g/mol. The van der Waals surface area contributed by atoms with Gasteiger partial charge in [-0.1, -0.05) is 143 Å². The minimum atomic E-state index is 0.0187. The summed E-state index contributed by atoms with van der Waals surface area (Å²) in [5.41, 5.74) is 15.1. The Morgan fingerprint density at radius 2 is 1.12 bits per heavy atom. The van der Waals surface area contributed by atoms with Crippen molar-refractivity contribution in [1.82, 2.24) is 4.98 Å². The Hall–Kier alpha value is -6.52. The first-order valence-electron chi connectivity index (χ1n) is 17.5. The highest BCUT2D eigenvalue weighted by Gasteiger charge is 2.48. The molecule has 0 saturated heterocycles. The Kier molecular flexibility index (Phi) is 6.11. The number of anilines is 6. The van der Waals surface area contributed by atoms with Crippen molar-refractivity contribution in [3.8, 4) is 11.5 Å². The SMILES string of the molecule is c1ccc(B2c3ccccc3B3c4ccccc4N(c4ccccc4)c4c5c(cc2c43)N(c2cccc3cccnc23)c2ccccc2O5)cc1. The number of para-hydroxylation sites is 5. The van der Waals surface area contributed by atoms with E-state index >= 15 is 0 Å². The summed E-state index contributed by atoms with van der Waals surface area (Å²) in [5, 5.41) is 1.09. The normalized spacial score (nSPS) is 13.5. The van der Waals surface area contributed by atoms with Crippen molar-refractivity contribution in [2.24, 2.45) is 0 Å². The molecule has 4 heterocycles. The summed E-state index contributed by atoms with van der Waals surface area (Å²) in [7, 11) is 0. The molecule has 0 saturated carbocycles. The van der Waals surface area contributed by atoms with Gasteiger partial charge in [-0.15, -0.1) is 0 Å². The molecule has 0 amide bonds. The van der Waals surface area contributed by atoms with E-state index in [9.17, 15) is 0 Å². The lowest BCUT2D eigenvalue weighted by Gasteiger charge is -2.45. The fraction of sp³-hybridized carbons (Fsp3) is 0. The maximum atomic E-state index is 7.20. The Morgan fingerprint density at radius 3 is 1.94 bits per heavy atom. The van der Waals surface area contributed by atoms with Gasteiger partial charge in [-0.25, -0.2) is 0 Å². The van der Waals surface area contributed by atoms with E-state index in [1.165, 1.54) is 32.8 Å². The van der Waals surface area contributed by atoms with Crippen LogP contribution in [0.4, 0.5) is 34.1 Å². The van der Waals surface area contributed by atoms with Crippen molar-refractivity contribution in [2.75, 3.05) is 9.80 Å². The third-order valence-corrected chi connectivity index (χ3v) is 10.8. The number of hydrogen-bond acceptors (Lipinski definition) is 4. The van der Waals surface area contributed by atoms with Crippen LogP contribution in [0.2, 0.25) is 0 Å². The van der Waals surface area contributed by atoms with Crippen LogP contribution in [0.25, 0.3) is 10.9 Å². The average Bonchev–Trinajstić information content (AvgIpc) is 3.20. The highest BCUT2D eigenvalue weighted by atomic mass is 16.5. The van der Waals surface area contributed by atoms with Gasteiger partial charge < -0.3 is 14.5 Å². The Balaban J connectivity index is 1.32. The van der Waals surface area contributed by atoms with Crippen molar-refractivity contribution in [3.05, 3.63) is 176 Å². The number of aromatic nitrogens is 1. The van der Waals surface area contributed by atoms with Crippen LogP contribution in [0, 0.1) is 0 Å². The summed E-state index contributed by atoms with van der Waals surface area (Å²) in [5.74, 6) is 1.66. The molecule has 3 aliphatic heterocycles. The molecule has 3 aliphatic rings. The fourth-order valence-corrected chi connectivity index (χ4v) is 8.79. The summed E-state index contributed by atoms with van der Waals surface area (Å²) in [6.07, 6.45) is 1.89. The van der Waals surface area contributed by atoms with Gasteiger partial charge in [0, 0.05) is 23.0 Å². The van der Waals surface area contributed by atoms with E-state index in [0.29, 0.717) is 0 Å². The number of nitrogens with zero attached hydrogens (tertiary/aromatic N) is 3. The third kappa shape index (κ3) is 4.08. The van der Waals surface area contributed by atoms with Crippen LogP contribution in [0.5, 0.6) is 11.5 Å². The lowest BCUT2D eigenvalue weighted by Crippen LogP contribution is -2.76. The maximum absolute atomic E-state index is 7.20. The zero-order chi connectivity index (χ0) is 33.5. The standard InChI is InChI=1S/C45H29B2N3O/c1-3-17-31(18-4-1)46-33-21-7-8-22-34(33)47-35-23-9-10-24-37(35)49(32-19-5-2-6-20-32)44-42(47)36(46)29-40-45(44)51-41-27-12-11-25-38(41)50(40)39-26-13-15-30-16-14-28-48-43(30)39/h1-29H. The first-order valence-corrected chi connectivity index (χ1v) is 17.5. The van der Waals surface area contributed by atoms with E-state index < -0.39 is 0 Å². The zero-order valence-corrected chi connectivity index (χ0v) is 27.6. The van der Waals surface area contributed by atoms with Gasteiger partial charge in [-0.2, -0.15) is 0 Å². The largest absolute Gasteiger partial charge is 0.451 e. The van der Waals surface area contributed by atoms with E-state index in [1.54, 1.807) is 0 Å². The van der Waals surface area contributed by atoms with Gasteiger partial charge in [-0.3, -0.25) is 4.98 Å². The molecule has 0 atom stereocenters. The predicted molar refractivity (Wildman–Crippen MR) is 213 cm³/mol. The van der Waals surface area contributed by atoms with Gasteiger partial charge in [0.05, 0.1) is 28.3 Å². The average molecular weight is 649 g/mol. The van der Waals surface area contributed by atoms with Crippen LogP contribution >= 0.6 is 0 Å². The van der Waals surface area contributed by atoms with E-state index in [1.807, 2.05) is 12.3 Å². The van der Waals surface area contributed by atoms with E-state index in [2.05, 4.69) is 174 Å². The molecule has 0 radical (unpaired) electrons. The number of ether oxygens (including phenoxy) is 1. The molecule has 8 aromatic rings. The maximum Gasteiger partial charge on any atom is 0.245 e.